The van der Waals surface area contributed by atoms with Crippen molar-refractivity contribution in [3.05, 3.63) is 52.0 Å². The van der Waals surface area contributed by atoms with Crippen molar-refractivity contribution in [2.24, 2.45) is 5.73 Å². The summed E-state index contributed by atoms with van der Waals surface area (Å²) in [6.07, 6.45) is 3.09. The predicted octanol–water partition coefficient (Wildman–Crippen LogP) is 3.44. The SMILES string of the molecule is CC(C)(C)c1ncc(CN(CCN)CCc2ccccc2)s1. The van der Waals surface area contributed by atoms with Gasteiger partial charge in [-0.15, -0.1) is 11.3 Å². The first-order chi connectivity index (χ1) is 10.5. The van der Waals surface area contributed by atoms with Crippen LogP contribution < -0.4 is 5.73 Å². The number of aromatic nitrogens is 1. The molecule has 0 unspecified atom stereocenters. The van der Waals surface area contributed by atoms with Gasteiger partial charge in [-0.05, 0) is 12.0 Å². The van der Waals surface area contributed by atoms with E-state index >= 15 is 0 Å². The maximum absolute atomic E-state index is 5.77. The first kappa shape index (κ1) is 17.1. The molecule has 4 heteroatoms. The fourth-order valence-corrected chi connectivity index (χ4v) is 3.34. The molecule has 0 saturated carbocycles. The average molecular weight is 318 g/mol. The van der Waals surface area contributed by atoms with Gasteiger partial charge < -0.3 is 5.73 Å². The number of thiazole rings is 1. The molecule has 0 aliphatic heterocycles. The second kappa shape index (κ2) is 7.86. The van der Waals surface area contributed by atoms with Gasteiger partial charge in [-0.2, -0.15) is 0 Å². The molecule has 0 aliphatic carbocycles. The summed E-state index contributed by atoms with van der Waals surface area (Å²) >= 11 is 1.82. The number of hydrogen-bond acceptors (Lipinski definition) is 4. The van der Waals surface area contributed by atoms with Gasteiger partial charge in [0.15, 0.2) is 0 Å². The molecule has 2 N–H and O–H groups in total. The van der Waals surface area contributed by atoms with Crippen LogP contribution in [0.15, 0.2) is 36.5 Å². The van der Waals surface area contributed by atoms with Crippen LogP contribution >= 0.6 is 11.3 Å². The molecule has 0 atom stereocenters. The molecule has 0 radical (unpaired) electrons. The van der Waals surface area contributed by atoms with Crippen LogP contribution in [0.2, 0.25) is 0 Å². The molecule has 22 heavy (non-hydrogen) atoms. The molecular formula is C18H27N3S. The van der Waals surface area contributed by atoms with Gasteiger partial charge in [-0.25, -0.2) is 4.98 Å². The quantitative estimate of drug-likeness (QED) is 0.850. The van der Waals surface area contributed by atoms with Crippen LogP contribution in [0.1, 0.15) is 36.2 Å². The maximum Gasteiger partial charge on any atom is 0.0981 e. The molecule has 0 saturated heterocycles. The standard InChI is InChI=1S/C18H27N3S/c1-18(2,3)17-20-13-16(22-17)14-21(12-10-19)11-9-15-7-5-4-6-8-15/h4-8,13H,9-12,14,19H2,1-3H3. The molecular weight excluding hydrogens is 290 g/mol. The summed E-state index contributed by atoms with van der Waals surface area (Å²) in [5.74, 6) is 0. The zero-order chi connectivity index (χ0) is 16.0. The van der Waals surface area contributed by atoms with E-state index in [-0.39, 0.29) is 5.41 Å². The van der Waals surface area contributed by atoms with E-state index in [9.17, 15) is 0 Å². The van der Waals surface area contributed by atoms with Crippen molar-refractivity contribution >= 4 is 11.3 Å². The van der Waals surface area contributed by atoms with E-state index in [1.165, 1.54) is 15.4 Å². The summed E-state index contributed by atoms with van der Waals surface area (Å²) in [7, 11) is 0. The Morgan fingerprint density at radius 2 is 1.86 bits per heavy atom. The second-order valence-corrected chi connectivity index (χ2v) is 7.80. The highest BCUT2D eigenvalue weighted by Crippen LogP contribution is 2.27. The molecule has 0 amide bonds. The fourth-order valence-electron chi connectivity index (χ4n) is 2.33. The topological polar surface area (TPSA) is 42.2 Å². The molecule has 1 heterocycles. The van der Waals surface area contributed by atoms with Crippen LogP contribution in [0.3, 0.4) is 0 Å². The van der Waals surface area contributed by atoms with Gasteiger partial charge >= 0.3 is 0 Å². The Labute approximate surface area is 138 Å². The van der Waals surface area contributed by atoms with E-state index in [0.717, 1.165) is 26.1 Å². The van der Waals surface area contributed by atoms with Crippen molar-refractivity contribution in [1.29, 1.82) is 0 Å². The molecule has 0 bridgehead atoms. The van der Waals surface area contributed by atoms with Crippen molar-refractivity contribution in [2.45, 2.75) is 39.2 Å². The molecule has 1 aromatic carbocycles. The molecule has 120 valence electrons. The first-order valence-corrected chi connectivity index (χ1v) is 8.72. The van der Waals surface area contributed by atoms with Crippen molar-refractivity contribution in [3.63, 3.8) is 0 Å². The summed E-state index contributed by atoms with van der Waals surface area (Å²) in [5.41, 5.74) is 7.28. The average Bonchev–Trinajstić information content (AvgIpc) is 2.95. The van der Waals surface area contributed by atoms with Crippen molar-refractivity contribution in [1.82, 2.24) is 9.88 Å². The Kier molecular flexibility index (Phi) is 6.12. The molecule has 1 aromatic heterocycles. The van der Waals surface area contributed by atoms with Crippen LogP contribution in [0.25, 0.3) is 0 Å². The maximum atomic E-state index is 5.77. The Hall–Kier alpha value is -1.23. The minimum Gasteiger partial charge on any atom is -0.329 e. The monoisotopic (exact) mass is 317 g/mol. The summed E-state index contributed by atoms with van der Waals surface area (Å²) in [6, 6.07) is 10.6. The second-order valence-electron chi connectivity index (χ2n) is 6.68. The van der Waals surface area contributed by atoms with Gasteiger partial charge in [-0.3, -0.25) is 4.90 Å². The van der Waals surface area contributed by atoms with Crippen LogP contribution in [0.5, 0.6) is 0 Å². The summed E-state index contributed by atoms with van der Waals surface area (Å²) < 4.78 is 0. The number of benzene rings is 1. The summed E-state index contributed by atoms with van der Waals surface area (Å²) in [5, 5.41) is 1.21. The Morgan fingerprint density at radius 3 is 2.45 bits per heavy atom. The first-order valence-electron chi connectivity index (χ1n) is 7.90. The lowest BCUT2D eigenvalue weighted by molar-refractivity contribution is 0.278. The van der Waals surface area contributed by atoms with E-state index in [1.54, 1.807) is 0 Å². The number of hydrogen-bond donors (Lipinski definition) is 1. The Bertz CT molecular complexity index is 557. The van der Waals surface area contributed by atoms with Gasteiger partial charge in [0.05, 0.1) is 5.01 Å². The van der Waals surface area contributed by atoms with Crippen LogP contribution in [-0.4, -0.2) is 29.5 Å². The highest BCUT2D eigenvalue weighted by atomic mass is 32.1. The molecule has 0 aliphatic rings. The minimum atomic E-state index is 0.131. The lowest BCUT2D eigenvalue weighted by Crippen LogP contribution is -2.30. The zero-order valence-electron chi connectivity index (χ0n) is 13.9. The molecule has 0 spiro atoms. The number of rotatable bonds is 7. The van der Waals surface area contributed by atoms with Gasteiger partial charge in [0.1, 0.15) is 0 Å². The molecule has 2 rings (SSSR count). The van der Waals surface area contributed by atoms with Gasteiger partial charge in [0.25, 0.3) is 0 Å². The van der Waals surface area contributed by atoms with Crippen molar-refractivity contribution in [3.8, 4) is 0 Å². The van der Waals surface area contributed by atoms with E-state index in [2.05, 4.69) is 61.0 Å². The predicted molar refractivity (Wildman–Crippen MR) is 95.3 cm³/mol. The molecule has 3 nitrogen and oxygen atoms in total. The number of nitrogens with two attached hydrogens (primary N) is 1. The zero-order valence-corrected chi connectivity index (χ0v) is 14.7. The van der Waals surface area contributed by atoms with Gasteiger partial charge in [0.2, 0.25) is 0 Å². The smallest absolute Gasteiger partial charge is 0.0981 e. The number of nitrogens with zero attached hydrogens (tertiary/aromatic N) is 2. The van der Waals surface area contributed by atoms with Crippen molar-refractivity contribution in [2.75, 3.05) is 19.6 Å². The van der Waals surface area contributed by atoms with Crippen LogP contribution in [0, 0.1) is 0 Å². The third-order valence-corrected chi connectivity index (χ3v) is 4.99. The van der Waals surface area contributed by atoms with Crippen LogP contribution in [0.4, 0.5) is 0 Å². The van der Waals surface area contributed by atoms with Crippen molar-refractivity contribution < 1.29 is 0 Å². The van der Waals surface area contributed by atoms with E-state index < -0.39 is 0 Å². The Morgan fingerprint density at radius 1 is 1.14 bits per heavy atom. The van der Waals surface area contributed by atoms with E-state index in [0.29, 0.717) is 6.54 Å². The minimum absolute atomic E-state index is 0.131. The lowest BCUT2D eigenvalue weighted by Gasteiger charge is -2.20. The van der Waals surface area contributed by atoms with E-state index in [1.807, 2.05) is 17.5 Å². The lowest BCUT2D eigenvalue weighted by atomic mass is 9.98. The normalized spacial score (nSPS) is 12.0. The molecule has 0 fully saturated rings. The highest BCUT2D eigenvalue weighted by Gasteiger charge is 2.18. The third-order valence-electron chi connectivity index (χ3n) is 3.58. The summed E-state index contributed by atoms with van der Waals surface area (Å²) in [4.78, 5) is 8.33. The third kappa shape index (κ3) is 5.20. The Balaban J connectivity index is 1.95. The van der Waals surface area contributed by atoms with Gasteiger partial charge in [0, 0.05) is 42.7 Å². The van der Waals surface area contributed by atoms with Crippen LogP contribution in [-0.2, 0) is 18.4 Å². The fraction of sp³-hybridized carbons (Fsp3) is 0.500. The molecule has 2 aromatic rings. The largest absolute Gasteiger partial charge is 0.329 e. The van der Waals surface area contributed by atoms with E-state index in [4.69, 9.17) is 5.73 Å². The summed E-state index contributed by atoms with van der Waals surface area (Å²) in [6.45, 7) is 10.2. The van der Waals surface area contributed by atoms with Gasteiger partial charge in [-0.1, -0.05) is 51.1 Å². The highest BCUT2D eigenvalue weighted by molar-refractivity contribution is 7.11.